The van der Waals surface area contributed by atoms with Gasteiger partial charge in [0.1, 0.15) is 12.8 Å². The van der Waals surface area contributed by atoms with Crippen molar-refractivity contribution in [3.05, 3.63) is 34.4 Å². The van der Waals surface area contributed by atoms with Crippen molar-refractivity contribution in [1.29, 1.82) is 0 Å². The number of fused-ring (bicyclic) bond motifs is 1. The van der Waals surface area contributed by atoms with Crippen molar-refractivity contribution in [3.8, 4) is 0 Å². The van der Waals surface area contributed by atoms with E-state index in [1.807, 2.05) is 19.1 Å². The first kappa shape index (κ1) is 14.5. The van der Waals surface area contributed by atoms with Crippen molar-refractivity contribution >= 4 is 5.97 Å². The number of aliphatic hydroxyl groups is 1. The van der Waals surface area contributed by atoms with E-state index < -0.39 is 6.23 Å². The number of carbonyl (C=O) groups is 1. The van der Waals surface area contributed by atoms with E-state index in [-0.39, 0.29) is 12.0 Å². The van der Waals surface area contributed by atoms with Gasteiger partial charge in [0.05, 0.1) is 5.56 Å². The summed E-state index contributed by atoms with van der Waals surface area (Å²) < 4.78 is 5.07. The van der Waals surface area contributed by atoms with Crippen LogP contribution in [0.25, 0.3) is 0 Å². The molecule has 1 unspecified atom stereocenters. The minimum atomic E-state index is -0.493. The number of likely N-dealkylation sites (tertiary alicyclic amines) is 1. The molecule has 5 heteroatoms. The fourth-order valence-corrected chi connectivity index (χ4v) is 3.16. The van der Waals surface area contributed by atoms with E-state index in [2.05, 4.69) is 4.90 Å². The van der Waals surface area contributed by atoms with Crippen molar-refractivity contribution in [2.75, 3.05) is 13.1 Å². The fraction of sp³-hybridized carbons (Fsp3) is 0.562. The first-order valence-corrected chi connectivity index (χ1v) is 7.52. The third kappa shape index (κ3) is 2.81. The van der Waals surface area contributed by atoms with Crippen LogP contribution in [0.5, 0.6) is 0 Å². The molecule has 0 bridgehead atoms. The molecule has 1 aromatic carbocycles. The highest BCUT2D eigenvalue weighted by Gasteiger charge is 2.26. The molecule has 3 N–H and O–H groups in total. The van der Waals surface area contributed by atoms with Crippen LogP contribution in [0.3, 0.4) is 0 Å². The molecule has 0 aliphatic carbocycles. The van der Waals surface area contributed by atoms with Gasteiger partial charge in [-0.05, 0) is 37.0 Å². The predicted molar refractivity (Wildman–Crippen MR) is 78.8 cm³/mol. The highest BCUT2D eigenvalue weighted by molar-refractivity contribution is 5.93. The number of cyclic esters (lactones) is 1. The molecule has 1 fully saturated rings. The van der Waals surface area contributed by atoms with Crippen molar-refractivity contribution in [2.24, 2.45) is 5.73 Å². The standard InChI is InChI=1S/C16H22N2O3/c1-10-11(2-3-13-14(10)9-21-16(13)20)8-15(19)18-6-4-12(17)5-7-18/h2-3,12,15,19H,4-9,17H2,1H3. The molecule has 3 rings (SSSR count). The van der Waals surface area contributed by atoms with Crippen molar-refractivity contribution in [2.45, 2.75) is 45.1 Å². The van der Waals surface area contributed by atoms with Crippen molar-refractivity contribution in [3.63, 3.8) is 0 Å². The molecule has 1 saturated heterocycles. The minimum absolute atomic E-state index is 0.245. The molecule has 0 amide bonds. The average Bonchev–Trinajstić information content (AvgIpc) is 2.85. The van der Waals surface area contributed by atoms with E-state index in [4.69, 9.17) is 10.5 Å². The topological polar surface area (TPSA) is 75.8 Å². The van der Waals surface area contributed by atoms with Crippen LogP contribution in [0.15, 0.2) is 12.1 Å². The first-order chi connectivity index (χ1) is 10.1. The Morgan fingerprint density at radius 3 is 2.86 bits per heavy atom. The van der Waals surface area contributed by atoms with Gasteiger partial charge in [0, 0.05) is 31.1 Å². The van der Waals surface area contributed by atoms with E-state index in [0.717, 1.165) is 42.6 Å². The Kier molecular flexibility index (Phi) is 3.97. The summed E-state index contributed by atoms with van der Waals surface area (Å²) >= 11 is 0. The van der Waals surface area contributed by atoms with Crippen LogP contribution in [0.4, 0.5) is 0 Å². The van der Waals surface area contributed by atoms with Gasteiger partial charge in [0.15, 0.2) is 0 Å². The summed E-state index contributed by atoms with van der Waals surface area (Å²) in [7, 11) is 0. The number of hydrogen-bond donors (Lipinski definition) is 2. The van der Waals surface area contributed by atoms with Gasteiger partial charge in [-0.1, -0.05) is 6.07 Å². The van der Waals surface area contributed by atoms with Gasteiger partial charge in [-0.2, -0.15) is 0 Å². The maximum atomic E-state index is 11.5. The SMILES string of the molecule is Cc1c(CC(O)N2CCC(N)CC2)ccc2c1COC2=O. The van der Waals surface area contributed by atoms with Crippen LogP contribution in [0.2, 0.25) is 0 Å². The van der Waals surface area contributed by atoms with Crippen LogP contribution in [-0.4, -0.2) is 41.3 Å². The Morgan fingerprint density at radius 2 is 2.14 bits per heavy atom. The highest BCUT2D eigenvalue weighted by atomic mass is 16.5. The number of esters is 1. The second-order valence-electron chi connectivity index (χ2n) is 6.01. The zero-order valence-corrected chi connectivity index (χ0v) is 12.3. The highest BCUT2D eigenvalue weighted by Crippen LogP contribution is 2.27. The van der Waals surface area contributed by atoms with E-state index in [9.17, 15) is 9.90 Å². The Balaban J connectivity index is 1.72. The molecule has 2 heterocycles. The number of carbonyl (C=O) groups excluding carboxylic acids is 1. The normalized spacial score (nSPS) is 21.2. The molecule has 21 heavy (non-hydrogen) atoms. The zero-order valence-electron chi connectivity index (χ0n) is 12.3. The van der Waals surface area contributed by atoms with Gasteiger partial charge in [-0.3, -0.25) is 4.90 Å². The average molecular weight is 290 g/mol. The Hall–Kier alpha value is -1.43. The lowest BCUT2D eigenvalue weighted by Gasteiger charge is -2.34. The lowest BCUT2D eigenvalue weighted by atomic mass is 9.95. The van der Waals surface area contributed by atoms with Gasteiger partial charge >= 0.3 is 5.97 Å². The van der Waals surface area contributed by atoms with E-state index in [1.54, 1.807) is 0 Å². The number of nitrogens with two attached hydrogens (primary N) is 1. The lowest BCUT2D eigenvalue weighted by Crippen LogP contribution is -2.45. The van der Waals surface area contributed by atoms with Gasteiger partial charge in [0.2, 0.25) is 0 Å². The maximum Gasteiger partial charge on any atom is 0.338 e. The summed E-state index contributed by atoms with van der Waals surface area (Å²) in [6, 6.07) is 4.00. The third-order valence-corrected chi connectivity index (χ3v) is 4.68. The van der Waals surface area contributed by atoms with Crippen LogP contribution in [0.1, 0.15) is 39.9 Å². The molecular weight excluding hydrogens is 268 g/mol. The number of ether oxygens (including phenoxy) is 1. The summed E-state index contributed by atoms with van der Waals surface area (Å²) in [6.07, 6.45) is 1.94. The number of hydrogen-bond acceptors (Lipinski definition) is 5. The molecule has 5 nitrogen and oxygen atoms in total. The Morgan fingerprint density at radius 1 is 1.43 bits per heavy atom. The molecule has 0 spiro atoms. The number of piperidine rings is 1. The van der Waals surface area contributed by atoms with E-state index >= 15 is 0 Å². The molecule has 114 valence electrons. The molecule has 2 aliphatic heterocycles. The second-order valence-corrected chi connectivity index (χ2v) is 6.01. The zero-order chi connectivity index (χ0) is 15.0. The number of nitrogens with zero attached hydrogens (tertiary/aromatic N) is 1. The minimum Gasteiger partial charge on any atom is -0.457 e. The number of aliphatic hydroxyl groups excluding tert-OH is 1. The molecule has 0 radical (unpaired) electrons. The van der Waals surface area contributed by atoms with Crippen molar-refractivity contribution < 1.29 is 14.6 Å². The van der Waals surface area contributed by atoms with Gasteiger partial charge in [-0.25, -0.2) is 4.79 Å². The Bertz CT molecular complexity index is 551. The lowest BCUT2D eigenvalue weighted by molar-refractivity contribution is -0.00985. The van der Waals surface area contributed by atoms with Gasteiger partial charge in [0.25, 0.3) is 0 Å². The van der Waals surface area contributed by atoms with Crippen molar-refractivity contribution in [1.82, 2.24) is 4.90 Å². The Labute approximate surface area is 124 Å². The van der Waals surface area contributed by atoms with Gasteiger partial charge in [-0.15, -0.1) is 0 Å². The van der Waals surface area contributed by atoms with Gasteiger partial charge < -0.3 is 15.6 Å². The number of rotatable bonds is 3. The van der Waals surface area contributed by atoms with E-state index in [0.29, 0.717) is 18.6 Å². The monoisotopic (exact) mass is 290 g/mol. The smallest absolute Gasteiger partial charge is 0.338 e. The molecule has 0 aromatic heterocycles. The summed E-state index contributed by atoms with van der Waals surface area (Å²) in [5, 5.41) is 10.4. The fourth-order valence-electron chi connectivity index (χ4n) is 3.16. The summed E-state index contributed by atoms with van der Waals surface area (Å²) in [5.41, 5.74) is 9.66. The summed E-state index contributed by atoms with van der Waals surface area (Å²) in [6.45, 7) is 4.03. The largest absolute Gasteiger partial charge is 0.457 e. The summed E-state index contributed by atoms with van der Waals surface area (Å²) in [4.78, 5) is 13.6. The quantitative estimate of drug-likeness (QED) is 0.811. The molecule has 1 atom stereocenters. The van der Waals surface area contributed by atoms with Crippen LogP contribution in [0, 0.1) is 6.92 Å². The molecule has 0 saturated carbocycles. The van der Waals surface area contributed by atoms with Crippen LogP contribution in [-0.2, 0) is 17.8 Å². The number of benzene rings is 1. The molecule has 1 aromatic rings. The molecule has 2 aliphatic rings. The van der Waals surface area contributed by atoms with E-state index in [1.165, 1.54) is 0 Å². The maximum absolute atomic E-state index is 11.5. The summed E-state index contributed by atoms with van der Waals surface area (Å²) in [5.74, 6) is -0.245. The third-order valence-electron chi connectivity index (χ3n) is 4.68. The predicted octanol–water partition coefficient (Wildman–Crippen LogP) is 0.949. The van der Waals surface area contributed by atoms with Crippen LogP contribution < -0.4 is 5.73 Å². The molecular formula is C16H22N2O3. The second kappa shape index (κ2) is 5.75. The first-order valence-electron chi connectivity index (χ1n) is 7.52. The van der Waals surface area contributed by atoms with Crippen LogP contribution >= 0.6 is 0 Å².